The van der Waals surface area contributed by atoms with Crippen LogP contribution >= 0.6 is 0 Å². The minimum absolute atomic E-state index is 0.0857. The largest absolute Gasteiger partial charge is 0.371 e. The van der Waals surface area contributed by atoms with Gasteiger partial charge in [-0.1, -0.05) is 42.5 Å². The predicted molar refractivity (Wildman–Crippen MR) is 129 cm³/mol. The first-order valence-corrected chi connectivity index (χ1v) is 11.1. The molecule has 0 bridgehead atoms. The maximum absolute atomic E-state index is 13.8. The standard InChI is InChI=1S/C26H27FN4O2/c27-22-10-4-5-11-23(22)30-26(33)29-20-12-13-24(31-16-6-7-17-31)21(18-20)25(32)28-15-14-19-8-2-1-3-9-19/h1-5,8-13,18H,6-7,14-17H2,(H,28,32)(H2,29,30,33). The Bertz CT molecular complexity index is 1110. The zero-order valence-corrected chi connectivity index (χ0v) is 18.3. The molecule has 0 saturated carbocycles. The van der Waals surface area contributed by atoms with Crippen LogP contribution < -0.4 is 20.9 Å². The summed E-state index contributed by atoms with van der Waals surface area (Å²) in [6.45, 7) is 2.30. The molecule has 0 aromatic heterocycles. The highest BCUT2D eigenvalue weighted by atomic mass is 19.1. The molecule has 33 heavy (non-hydrogen) atoms. The quantitative estimate of drug-likeness (QED) is 0.476. The van der Waals surface area contributed by atoms with E-state index in [1.165, 1.54) is 12.1 Å². The number of para-hydroxylation sites is 1. The number of nitrogens with one attached hydrogen (secondary N) is 3. The van der Waals surface area contributed by atoms with Crippen LogP contribution in [0.25, 0.3) is 0 Å². The van der Waals surface area contributed by atoms with Crippen molar-refractivity contribution in [2.75, 3.05) is 35.2 Å². The van der Waals surface area contributed by atoms with Crippen LogP contribution in [0, 0.1) is 5.82 Å². The molecule has 4 rings (SSSR count). The molecule has 0 radical (unpaired) electrons. The number of halogens is 1. The molecule has 0 aliphatic carbocycles. The van der Waals surface area contributed by atoms with E-state index in [2.05, 4.69) is 20.9 Å². The molecule has 1 heterocycles. The van der Waals surface area contributed by atoms with Crippen molar-refractivity contribution in [2.45, 2.75) is 19.3 Å². The van der Waals surface area contributed by atoms with Gasteiger partial charge in [-0.15, -0.1) is 0 Å². The molecule has 1 aliphatic rings. The number of carbonyl (C=O) groups is 2. The lowest BCUT2D eigenvalue weighted by Crippen LogP contribution is -2.29. The minimum Gasteiger partial charge on any atom is -0.371 e. The fraction of sp³-hybridized carbons (Fsp3) is 0.231. The Kier molecular flexibility index (Phi) is 7.19. The number of carbonyl (C=O) groups excluding carboxylic acids is 2. The van der Waals surface area contributed by atoms with Gasteiger partial charge in [0, 0.05) is 31.0 Å². The zero-order chi connectivity index (χ0) is 23.0. The molecule has 1 fully saturated rings. The van der Waals surface area contributed by atoms with Gasteiger partial charge in [0.15, 0.2) is 0 Å². The van der Waals surface area contributed by atoms with Crippen LogP contribution in [0.4, 0.5) is 26.2 Å². The van der Waals surface area contributed by atoms with Gasteiger partial charge in [0.05, 0.1) is 11.3 Å². The Morgan fingerprint density at radius 2 is 1.61 bits per heavy atom. The first-order chi connectivity index (χ1) is 16.1. The van der Waals surface area contributed by atoms with Crippen LogP contribution in [0.1, 0.15) is 28.8 Å². The predicted octanol–water partition coefficient (Wildman–Crippen LogP) is 5.04. The third kappa shape index (κ3) is 5.88. The summed E-state index contributed by atoms with van der Waals surface area (Å²) in [5, 5.41) is 8.19. The molecular weight excluding hydrogens is 419 g/mol. The molecule has 3 aromatic rings. The lowest BCUT2D eigenvalue weighted by molar-refractivity contribution is 0.0954. The van der Waals surface area contributed by atoms with E-state index < -0.39 is 11.8 Å². The summed E-state index contributed by atoms with van der Waals surface area (Å²) < 4.78 is 13.8. The first kappa shape index (κ1) is 22.3. The summed E-state index contributed by atoms with van der Waals surface area (Å²) in [5.74, 6) is -0.707. The molecule has 6 nitrogen and oxygen atoms in total. The Balaban J connectivity index is 1.47. The van der Waals surface area contributed by atoms with Crippen molar-refractivity contribution in [3.8, 4) is 0 Å². The van der Waals surface area contributed by atoms with E-state index in [1.807, 2.05) is 36.4 Å². The highest BCUT2D eigenvalue weighted by Crippen LogP contribution is 2.28. The zero-order valence-electron chi connectivity index (χ0n) is 18.3. The maximum atomic E-state index is 13.8. The van der Waals surface area contributed by atoms with Crippen molar-refractivity contribution in [3.05, 3.63) is 89.7 Å². The smallest absolute Gasteiger partial charge is 0.323 e. The average Bonchev–Trinajstić information content (AvgIpc) is 3.36. The first-order valence-electron chi connectivity index (χ1n) is 11.1. The van der Waals surface area contributed by atoms with Gasteiger partial charge in [-0.2, -0.15) is 0 Å². The highest BCUT2D eigenvalue weighted by Gasteiger charge is 2.20. The van der Waals surface area contributed by atoms with Crippen LogP contribution in [-0.4, -0.2) is 31.6 Å². The topological polar surface area (TPSA) is 73.5 Å². The lowest BCUT2D eigenvalue weighted by atomic mass is 10.1. The SMILES string of the molecule is O=C(Nc1ccc(N2CCCC2)c(C(=O)NCCc2ccccc2)c1)Nc1ccccc1F. The fourth-order valence-electron chi connectivity index (χ4n) is 3.94. The number of rotatable bonds is 7. The van der Waals surface area contributed by atoms with Gasteiger partial charge in [-0.05, 0) is 55.2 Å². The minimum atomic E-state index is -0.579. The summed E-state index contributed by atoms with van der Waals surface area (Å²) in [6, 6.07) is 20.6. The number of benzene rings is 3. The summed E-state index contributed by atoms with van der Waals surface area (Å²) >= 11 is 0. The van der Waals surface area contributed by atoms with Gasteiger partial charge < -0.3 is 20.9 Å². The van der Waals surface area contributed by atoms with Crippen molar-refractivity contribution >= 4 is 29.0 Å². The van der Waals surface area contributed by atoms with Crippen LogP contribution in [0.2, 0.25) is 0 Å². The van der Waals surface area contributed by atoms with E-state index >= 15 is 0 Å². The van der Waals surface area contributed by atoms with Gasteiger partial charge in [-0.25, -0.2) is 9.18 Å². The van der Waals surface area contributed by atoms with Gasteiger partial charge >= 0.3 is 6.03 Å². The summed E-state index contributed by atoms with van der Waals surface area (Å²) in [5.41, 5.74) is 3.05. The lowest BCUT2D eigenvalue weighted by Gasteiger charge is -2.22. The Morgan fingerprint density at radius 3 is 2.36 bits per heavy atom. The van der Waals surface area contributed by atoms with Crippen molar-refractivity contribution in [2.24, 2.45) is 0 Å². The monoisotopic (exact) mass is 446 g/mol. The second-order valence-corrected chi connectivity index (χ2v) is 7.98. The Hall–Kier alpha value is -3.87. The Labute approximate surface area is 192 Å². The number of urea groups is 1. The third-order valence-electron chi connectivity index (χ3n) is 5.61. The highest BCUT2D eigenvalue weighted by molar-refractivity contribution is 6.04. The number of hydrogen-bond acceptors (Lipinski definition) is 3. The Morgan fingerprint density at radius 1 is 0.879 bits per heavy atom. The second kappa shape index (κ2) is 10.6. The normalized spacial score (nSPS) is 12.9. The molecule has 170 valence electrons. The third-order valence-corrected chi connectivity index (χ3v) is 5.61. The van der Waals surface area contributed by atoms with Crippen molar-refractivity contribution < 1.29 is 14.0 Å². The summed E-state index contributed by atoms with van der Waals surface area (Å²) in [7, 11) is 0. The van der Waals surface area contributed by atoms with Gasteiger partial charge in [0.1, 0.15) is 5.82 Å². The van der Waals surface area contributed by atoms with Crippen molar-refractivity contribution in [3.63, 3.8) is 0 Å². The molecule has 0 unspecified atom stereocenters. The molecule has 3 aromatic carbocycles. The molecule has 0 atom stereocenters. The van der Waals surface area contributed by atoms with Gasteiger partial charge in [0.25, 0.3) is 5.91 Å². The summed E-state index contributed by atoms with van der Waals surface area (Å²) in [4.78, 5) is 27.6. The molecular formula is C26H27FN4O2. The number of anilines is 3. The number of amides is 3. The molecule has 3 amide bonds. The van der Waals surface area contributed by atoms with E-state index in [-0.39, 0.29) is 11.6 Å². The second-order valence-electron chi connectivity index (χ2n) is 7.98. The van der Waals surface area contributed by atoms with E-state index in [0.717, 1.165) is 43.6 Å². The molecule has 3 N–H and O–H groups in total. The van der Waals surface area contributed by atoms with E-state index in [9.17, 15) is 14.0 Å². The summed E-state index contributed by atoms with van der Waals surface area (Å²) in [6.07, 6.45) is 2.90. The number of nitrogens with zero attached hydrogens (tertiary/aromatic N) is 1. The van der Waals surface area contributed by atoms with E-state index in [4.69, 9.17) is 0 Å². The molecule has 1 saturated heterocycles. The van der Waals surface area contributed by atoms with Gasteiger partial charge in [0.2, 0.25) is 0 Å². The van der Waals surface area contributed by atoms with E-state index in [1.54, 1.807) is 24.3 Å². The molecule has 0 spiro atoms. The molecule has 1 aliphatic heterocycles. The van der Waals surface area contributed by atoms with Crippen molar-refractivity contribution in [1.29, 1.82) is 0 Å². The average molecular weight is 447 g/mol. The molecule has 7 heteroatoms. The maximum Gasteiger partial charge on any atom is 0.323 e. The fourth-order valence-corrected chi connectivity index (χ4v) is 3.94. The van der Waals surface area contributed by atoms with Crippen molar-refractivity contribution in [1.82, 2.24) is 5.32 Å². The van der Waals surface area contributed by atoms with Crippen LogP contribution in [-0.2, 0) is 6.42 Å². The van der Waals surface area contributed by atoms with Crippen LogP contribution in [0.3, 0.4) is 0 Å². The van der Waals surface area contributed by atoms with E-state index in [0.29, 0.717) is 17.8 Å². The number of hydrogen-bond donors (Lipinski definition) is 3. The van der Waals surface area contributed by atoms with Crippen LogP contribution in [0.15, 0.2) is 72.8 Å². The van der Waals surface area contributed by atoms with Gasteiger partial charge in [-0.3, -0.25) is 4.79 Å². The van der Waals surface area contributed by atoms with Crippen LogP contribution in [0.5, 0.6) is 0 Å².